The number of aliphatic hydroxyl groups is 1. The maximum absolute atomic E-state index is 13.9. The molecule has 1 atom stereocenters. The second-order valence-corrected chi connectivity index (χ2v) is 5.80. The number of nitrogens with one attached hydrogen (secondary N) is 2. The first-order valence-corrected chi connectivity index (χ1v) is 8.04. The van der Waals surface area contributed by atoms with Crippen LogP contribution in [-0.4, -0.2) is 32.7 Å². The van der Waals surface area contributed by atoms with Gasteiger partial charge in [0.1, 0.15) is 17.3 Å². The Kier molecular flexibility index (Phi) is 5.51. The third kappa shape index (κ3) is 4.50. The lowest BCUT2D eigenvalue weighted by molar-refractivity contribution is 0.281. The fraction of sp³-hybridized carbons (Fsp3) is 0.167. The van der Waals surface area contributed by atoms with Gasteiger partial charge in [-0.3, -0.25) is 4.98 Å². The number of benzene rings is 1. The predicted octanol–water partition coefficient (Wildman–Crippen LogP) is 3.49. The van der Waals surface area contributed by atoms with Crippen molar-refractivity contribution in [3.8, 4) is 11.3 Å². The second kappa shape index (κ2) is 8.00. The third-order valence-corrected chi connectivity index (χ3v) is 3.61. The fourth-order valence-electron chi connectivity index (χ4n) is 2.30. The predicted molar refractivity (Wildman–Crippen MR) is 95.0 cm³/mol. The number of nitrogens with zero attached hydrogens (tertiary/aromatic N) is 3. The molecule has 6 nitrogen and oxygen atoms in total. The van der Waals surface area contributed by atoms with Gasteiger partial charge >= 0.3 is 0 Å². The maximum atomic E-state index is 13.9. The second-order valence-electron chi connectivity index (χ2n) is 5.80. The molecule has 0 aliphatic rings. The van der Waals surface area contributed by atoms with Crippen molar-refractivity contribution in [1.29, 1.82) is 0 Å². The molecule has 27 heavy (non-hydrogen) atoms. The highest BCUT2D eigenvalue weighted by Crippen LogP contribution is 2.27. The van der Waals surface area contributed by atoms with E-state index in [0.29, 0.717) is 23.4 Å². The standard InChI is InChI=1S/C18H16F3N5O/c1-10(9-27)23-18-24-15(11-2-4-22-5-3-11)8-16(26-18)25-17-13(20)6-12(19)7-14(17)21/h2-8,10,27H,9H2,1H3,(H2,23,24,25,26)/t10-/m1/s1. The summed E-state index contributed by atoms with van der Waals surface area (Å²) in [5, 5.41) is 14.6. The van der Waals surface area contributed by atoms with E-state index in [1.807, 2.05) is 0 Å². The molecule has 0 unspecified atom stereocenters. The Hall–Kier alpha value is -3.20. The van der Waals surface area contributed by atoms with Crippen LogP contribution in [0.3, 0.4) is 0 Å². The van der Waals surface area contributed by atoms with Gasteiger partial charge in [-0.2, -0.15) is 4.98 Å². The Morgan fingerprint density at radius 3 is 2.33 bits per heavy atom. The summed E-state index contributed by atoms with van der Waals surface area (Å²) in [5.74, 6) is -2.95. The number of anilines is 3. The summed E-state index contributed by atoms with van der Waals surface area (Å²) in [4.78, 5) is 12.4. The Labute approximate surface area is 153 Å². The van der Waals surface area contributed by atoms with Crippen molar-refractivity contribution in [3.05, 3.63) is 60.2 Å². The van der Waals surface area contributed by atoms with Crippen molar-refractivity contribution in [2.75, 3.05) is 17.2 Å². The minimum absolute atomic E-state index is 0.0915. The van der Waals surface area contributed by atoms with Crippen LogP contribution in [0.1, 0.15) is 6.92 Å². The lowest BCUT2D eigenvalue weighted by Crippen LogP contribution is -2.21. The molecule has 0 saturated carbocycles. The Morgan fingerprint density at radius 1 is 1.04 bits per heavy atom. The van der Waals surface area contributed by atoms with Gasteiger partial charge < -0.3 is 15.7 Å². The largest absolute Gasteiger partial charge is 0.394 e. The number of aliphatic hydroxyl groups excluding tert-OH is 1. The van der Waals surface area contributed by atoms with E-state index < -0.39 is 23.1 Å². The lowest BCUT2D eigenvalue weighted by atomic mass is 10.2. The molecular weight excluding hydrogens is 359 g/mol. The van der Waals surface area contributed by atoms with Crippen molar-refractivity contribution in [1.82, 2.24) is 15.0 Å². The molecular formula is C18H16F3N5O. The Morgan fingerprint density at radius 2 is 1.70 bits per heavy atom. The van der Waals surface area contributed by atoms with Gasteiger partial charge in [0.15, 0.2) is 11.6 Å². The Bertz CT molecular complexity index is 917. The van der Waals surface area contributed by atoms with Crippen molar-refractivity contribution >= 4 is 17.5 Å². The van der Waals surface area contributed by atoms with Crippen LogP contribution in [0.4, 0.5) is 30.6 Å². The molecule has 0 fully saturated rings. The molecule has 1 aromatic carbocycles. The zero-order chi connectivity index (χ0) is 19.4. The van der Waals surface area contributed by atoms with Crippen LogP contribution in [0.2, 0.25) is 0 Å². The van der Waals surface area contributed by atoms with E-state index in [1.165, 1.54) is 6.07 Å². The van der Waals surface area contributed by atoms with Gasteiger partial charge in [-0.1, -0.05) is 0 Å². The van der Waals surface area contributed by atoms with Gasteiger partial charge in [0, 0.05) is 42.2 Å². The van der Waals surface area contributed by atoms with Crippen LogP contribution in [0, 0.1) is 17.5 Å². The highest BCUT2D eigenvalue weighted by atomic mass is 19.1. The quantitative estimate of drug-likeness (QED) is 0.612. The van der Waals surface area contributed by atoms with Crippen molar-refractivity contribution < 1.29 is 18.3 Å². The molecule has 0 amide bonds. The molecule has 3 rings (SSSR count). The van der Waals surface area contributed by atoms with Gasteiger partial charge in [0.2, 0.25) is 5.95 Å². The summed E-state index contributed by atoms with van der Waals surface area (Å²) in [7, 11) is 0. The summed E-state index contributed by atoms with van der Waals surface area (Å²) in [6.07, 6.45) is 3.15. The zero-order valence-corrected chi connectivity index (χ0v) is 14.2. The van der Waals surface area contributed by atoms with Crippen LogP contribution in [-0.2, 0) is 0 Å². The first kappa shape index (κ1) is 18.6. The monoisotopic (exact) mass is 375 g/mol. The number of pyridine rings is 1. The fourth-order valence-corrected chi connectivity index (χ4v) is 2.30. The third-order valence-electron chi connectivity index (χ3n) is 3.61. The average molecular weight is 375 g/mol. The molecule has 0 aliphatic heterocycles. The topological polar surface area (TPSA) is 83.0 Å². The Balaban J connectivity index is 2.02. The van der Waals surface area contributed by atoms with Gasteiger partial charge in [-0.25, -0.2) is 18.2 Å². The highest BCUT2D eigenvalue weighted by molar-refractivity contribution is 5.67. The minimum atomic E-state index is -1.09. The minimum Gasteiger partial charge on any atom is -0.394 e. The maximum Gasteiger partial charge on any atom is 0.225 e. The van der Waals surface area contributed by atoms with Crippen LogP contribution in [0.15, 0.2) is 42.7 Å². The van der Waals surface area contributed by atoms with Crippen molar-refractivity contribution in [3.63, 3.8) is 0 Å². The van der Waals surface area contributed by atoms with Crippen LogP contribution < -0.4 is 10.6 Å². The molecule has 0 radical (unpaired) electrons. The summed E-state index contributed by atoms with van der Waals surface area (Å²) >= 11 is 0. The number of rotatable bonds is 6. The van der Waals surface area contributed by atoms with E-state index in [9.17, 15) is 18.3 Å². The molecule has 2 heterocycles. The summed E-state index contributed by atoms with van der Waals surface area (Å²) in [6.45, 7) is 1.56. The molecule has 0 saturated heterocycles. The first-order chi connectivity index (χ1) is 13.0. The molecule has 3 aromatic rings. The smallest absolute Gasteiger partial charge is 0.225 e. The number of halogens is 3. The zero-order valence-electron chi connectivity index (χ0n) is 14.2. The van der Waals surface area contributed by atoms with Crippen LogP contribution >= 0.6 is 0 Å². The van der Waals surface area contributed by atoms with E-state index in [4.69, 9.17) is 0 Å². The van der Waals surface area contributed by atoms with Crippen LogP contribution in [0.25, 0.3) is 11.3 Å². The molecule has 0 aliphatic carbocycles. The summed E-state index contributed by atoms with van der Waals surface area (Å²) < 4.78 is 41.0. The average Bonchev–Trinajstić information content (AvgIpc) is 2.65. The normalized spacial score (nSPS) is 11.9. The number of hydrogen-bond donors (Lipinski definition) is 3. The van der Waals surface area contributed by atoms with E-state index in [-0.39, 0.29) is 24.4 Å². The van der Waals surface area contributed by atoms with E-state index in [1.54, 1.807) is 31.5 Å². The molecule has 0 bridgehead atoms. The lowest BCUT2D eigenvalue weighted by Gasteiger charge is -2.15. The van der Waals surface area contributed by atoms with E-state index in [2.05, 4.69) is 25.6 Å². The van der Waals surface area contributed by atoms with Crippen molar-refractivity contribution in [2.45, 2.75) is 13.0 Å². The number of hydrogen-bond acceptors (Lipinski definition) is 6. The van der Waals surface area contributed by atoms with Gasteiger partial charge in [0.05, 0.1) is 12.3 Å². The SMILES string of the molecule is C[C@H](CO)Nc1nc(Nc2c(F)cc(F)cc2F)cc(-c2ccncc2)n1. The van der Waals surface area contributed by atoms with E-state index >= 15 is 0 Å². The molecule has 9 heteroatoms. The van der Waals surface area contributed by atoms with Crippen molar-refractivity contribution in [2.24, 2.45) is 0 Å². The molecule has 3 N–H and O–H groups in total. The van der Waals surface area contributed by atoms with Gasteiger partial charge in [-0.05, 0) is 19.1 Å². The molecule has 2 aromatic heterocycles. The van der Waals surface area contributed by atoms with Crippen LogP contribution in [0.5, 0.6) is 0 Å². The summed E-state index contributed by atoms with van der Waals surface area (Å²) in [6, 6.07) is 5.72. The highest BCUT2D eigenvalue weighted by Gasteiger charge is 2.15. The summed E-state index contributed by atoms with van der Waals surface area (Å²) in [5.41, 5.74) is 0.637. The first-order valence-electron chi connectivity index (χ1n) is 8.04. The molecule has 140 valence electrons. The van der Waals surface area contributed by atoms with Gasteiger partial charge in [0.25, 0.3) is 0 Å². The van der Waals surface area contributed by atoms with Gasteiger partial charge in [-0.15, -0.1) is 0 Å². The number of aromatic nitrogens is 3. The van der Waals surface area contributed by atoms with E-state index in [0.717, 1.165) is 0 Å². The molecule has 0 spiro atoms.